The van der Waals surface area contributed by atoms with Crippen LogP contribution >= 0.6 is 0 Å². The molecule has 1 aromatic carbocycles. The van der Waals surface area contributed by atoms with Gasteiger partial charge in [-0.15, -0.1) is 0 Å². The summed E-state index contributed by atoms with van der Waals surface area (Å²) in [5, 5.41) is 31.0. The molecule has 12 nitrogen and oxygen atoms in total. The van der Waals surface area contributed by atoms with Crippen LogP contribution in [0, 0.1) is 10.1 Å². The molecule has 12 heteroatoms. The van der Waals surface area contributed by atoms with Crippen LogP contribution < -0.4 is 5.56 Å². The van der Waals surface area contributed by atoms with E-state index in [2.05, 4.69) is 5.10 Å². The molecule has 0 aliphatic carbocycles. The van der Waals surface area contributed by atoms with Crippen molar-refractivity contribution >= 4 is 28.8 Å². The molecule has 1 atom stereocenters. The highest BCUT2D eigenvalue weighted by molar-refractivity contribution is 6.03. The Morgan fingerprint density at radius 1 is 1.24 bits per heavy atom. The molecular weight excluding hydrogens is 482 g/mol. The zero-order valence-corrected chi connectivity index (χ0v) is 20.0. The number of fused-ring (bicyclic) bond motifs is 5. The quantitative estimate of drug-likeness (QED) is 0.189. The Morgan fingerprint density at radius 3 is 2.73 bits per heavy atom. The predicted molar refractivity (Wildman–Crippen MR) is 131 cm³/mol. The normalized spacial score (nSPS) is 20.6. The molecule has 37 heavy (non-hydrogen) atoms. The van der Waals surface area contributed by atoms with Crippen LogP contribution in [0.4, 0.5) is 5.69 Å². The lowest BCUT2D eigenvalue weighted by molar-refractivity contribution is -0.386. The number of nitro groups is 1. The number of aromatic nitrogens is 2. The van der Waals surface area contributed by atoms with E-state index in [-0.39, 0.29) is 35.5 Å². The lowest BCUT2D eigenvalue weighted by Crippen LogP contribution is -2.45. The lowest BCUT2D eigenvalue weighted by atomic mass is 9.84. The Bertz CT molecular complexity index is 1570. The van der Waals surface area contributed by atoms with Gasteiger partial charge in [-0.05, 0) is 12.5 Å². The van der Waals surface area contributed by atoms with Gasteiger partial charge in [-0.25, -0.2) is 9.78 Å². The van der Waals surface area contributed by atoms with Crippen molar-refractivity contribution in [2.75, 3.05) is 26.3 Å². The summed E-state index contributed by atoms with van der Waals surface area (Å²) in [5.74, 6) is -1.02. The van der Waals surface area contributed by atoms with Gasteiger partial charge in [-0.2, -0.15) is 5.10 Å². The van der Waals surface area contributed by atoms with E-state index in [1.54, 1.807) is 18.3 Å². The fraction of sp³-hybridized carbons (Fsp3) is 0.360. The first-order valence-electron chi connectivity index (χ1n) is 12.0. The predicted octanol–water partition coefficient (Wildman–Crippen LogP) is 1.65. The Kier molecular flexibility index (Phi) is 5.31. The van der Waals surface area contributed by atoms with Gasteiger partial charge in [-0.1, -0.05) is 25.1 Å². The molecule has 1 fully saturated rings. The van der Waals surface area contributed by atoms with Gasteiger partial charge < -0.3 is 14.6 Å². The molecule has 2 aromatic heterocycles. The van der Waals surface area contributed by atoms with E-state index < -0.39 is 34.3 Å². The largest absolute Gasteiger partial charge is 0.458 e. The van der Waals surface area contributed by atoms with E-state index in [1.165, 1.54) is 11.5 Å². The molecule has 1 N–H and O–H groups in total. The number of carbonyl (C=O) groups is 1. The van der Waals surface area contributed by atoms with Gasteiger partial charge >= 0.3 is 11.7 Å². The topological polar surface area (TPSA) is 149 Å². The minimum atomic E-state index is -2.31. The zero-order chi connectivity index (χ0) is 25.9. The monoisotopic (exact) mass is 505 g/mol. The Morgan fingerprint density at radius 2 is 2.00 bits per heavy atom. The summed E-state index contributed by atoms with van der Waals surface area (Å²) in [6.07, 6.45) is 1.50. The van der Waals surface area contributed by atoms with Crippen LogP contribution in [-0.4, -0.2) is 63.1 Å². The summed E-state index contributed by atoms with van der Waals surface area (Å²) in [6, 6.07) is 7.34. The van der Waals surface area contributed by atoms with Crippen LogP contribution in [0.25, 0.3) is 22.3 Å². The summed E-state index contributed by atoms with van der Waals surface area (Å²) < 4.78 is 11.8. The molecule has 0 radical (unpaired) electrons. The van der Waals surface area contributed by atoms with Crippen molar-refractivity contribution in [2.45, 2.75) is 32.1 Å². The number of morpholine rings is 1. The Hall–Kier alpha value is -4.16. The van der Waals surface area contributed by atoms with E-state index in [4.69, 9.17) is 14.5 Å². The smallest absolute Gasteiger partial charge is 0.343 e. The number of nitrogens with zero attached hydrogens (tertiary/aromatic N) is 5. The number of para-hydroxylation sites is 1. The number of rotatable bonds is 4. The highest BCUT2D eigenvalue weighted by Crippen LogP contribution is 2.46. The zero-order valence-electron chi connectivity index (χ0n) is 20.0. The number of hydrogen-bond acceptors (Lipinski definition) is 10. The van der Waals surface area contributed by atoms with Gasteiger partial charge in [0, 0.05) is 16.5 Å². The van der Waals surface area contributed by atoms with Gasteiger partial charge in [0.2, 0.25) is 0 Å². The van der Waals surface area contributed by atoms with Gasteiger partial charge in [0.15, 0.2) is 5.60 Å². The van der Waals surface area contributed by atoms with Gasteiger partial charge in [0.1, 0.15) is 18.0 Å². The Labute approximate surface area is 209 Å². The van der Waals surface area contributed by atoms with E-state index in [0.29, 0.717) is 42.9 Å². The highest BCUT2D eigenvalue weighted by Gasteiger charge is 2.52. The van der Waals surface area contributed by atoms with Crippen LogP contribution in [0.2, 0.25) is 0 Å². The third-order valence-electron chi connectivity index (χ3n) is 7.24. The number of esters is 1. The number of ether oxygens (including phenoxy) is 2. The molecule has 0 spiro atoms. The number of hydrogen-bond donors (Lipinski definition) is 1. The van der Waals surface area contributed by atoms with E-state index in [1.807, 2.05) is 17.1 Å². The first-order chi connectivity index (χ1) is 17.8. The van der Waals surface area contributed by atoms with Crippen molar-refractivity contribution in [3.8, 4) is 11.4 Å². The first-order valence-corrected chi connectivity index (χ1v) is 12.0. The van der Waals surface area contributed by atoms with Crippen LogP contribution in [0.3, 0.4) is 0 Å². The van der Waals surface area contributed by atoms with Crippen molar-refractivity contribution in [1.29, 1.82) is 0 Å². The van der Waals surface area contributed by atoms with Gasteiger partial charge in [0.05, 0.1) is 60.6 Å². The van der Waals surface area contributed by atoms with E-state index in [0.717, 1.165) is 5.39 Å². The van der Waals surface area contributed by atoms with E-state index in [9.17, 15) is 24.8 Å². The number of hydrazone groups is 1. The molecule has 0 unspecified atom stereocenters. The molecule has 0 amide bonds. The fourth-order valence-electron chi connectivity index (χ4n) is 5.34. The minimum absolute atomic E-state index is 0.0262. The SMILES string of the molecule is CC[C@@]1(O)C(=O)OCc2c1c([N+](=O)[O-])c1n(c2=O)Cc2c-1nc1ccccc1c2C=NN1CCOCC1. The molecule has 0 bridgehead atoms. The van der Waals surface area contributed by atoms with Gasteiger partial charge in [0.25, 0.3) is 5.56 Å². The van der Waals surface area contributed by atoms with Crippen LogP contribution in [-0.2, 0) is 33.0 Å². The molecule has 0 saturated carbocycles. The molecule has 3 aliphatic rings. The highest BCUT2D eigenvalue weighted by atomic mass is 16.6. The summed E-state index contributed by atoms with van der Waals surface area (Å²) in [4.78, 5) is 42.7. The number of aliphatic hydroxyl groups is 1. The maximum Gasteiger partial charge on any atom is 0.343 e. The van der Waals surface area contributed by atoms with Crippen molar-refractivity contribution in [1.82, 2.24) is 14.6 Å². The second-order valence-electron chi connectivity index (χ2n) is 9.17. The summed E-state index contributed by atoms with van der Waals surface area (Å²) in [5.41, 5.74) is -1.69. The molecule has 1 saturated heterocycles. The summed E-state index contributed by atoms with van der Waals surface area (Å²) in [6.45, 7) is 3.46. The van der Waals surface area contributed by atoms with Crippen molar-refractivity contribution in [3.63, 3.8) is 0 Å². The van der Waals surface area contributed by atoms with Gasteiger partial charge in [-0.3, -0.25) is 24.5 Å². The molecule has 190 valence electrons. The number of pyridine rings is 2. The summed E-state index contributed by atoms with van der Waals surface area (Å²) >= 11 is 0. The van der Waals surface area contributed by atoms with Crippen LogP contribution in [0.15, 0.2) is 34.2 Å². The molecule has 5 heterocycles. The molecule has 3 aromatic rings. The number of cyclic esters (lactones) is 1. The lowest BCUT2D eigenvalue weighted by Gasteiger charge is -2.31. The van der Waals surface area contributed by atoms with Crippen molar-refractivity contribution < 1.29 is 24.3 Å². The standard InChI is InChI=1S/C25H23N5O7/c1-2-25(33)19-17(13-37-24(25)32)23(31)29-12-16-15(11-26-28-7-9-36-10-8-28)14-5-3-4-6-18(14)27-20(16)22(29)21(19)30(34)35/h3-6,11,33H,2,7-10,12-13H2,1H3/t25-/m0/s1. The van der Waals surface area contributed by atoms with E-state index >= 15 is 0 Å². The summed E-state index contributed by atoms with van der Waals surface area (Å²) in [7, 11) is 0. The average Bonchev–Trinajstić information content (AvgIpc) is 3.28. The molecular formula is C25H23N5O7. The molecule has 6 rings (SSSR count). The minimum Gasteiger partial charge on any atom is -0.458 e. The maximum atomic E-state index is 13.6. The van der Waals surface area contributed by atoms with Crippen LogP contribution in [0.5, 0.6) is 0 Å². The second kappa shape index (κ2) is 8.46. The molecule has 3 aliphatic heterocycles. The third kappa shape index (κ3) is 3.36. The first kappa shape index (κ1) is 23.3. The maximum absolute atomic E-state index is 13.6. The van der Waals surface area contributed by atoms with Crippen molar-refractivity contribution in [3.05, 3.63) is 67.0 Å². The second-order valence-corrected chi connectivity index (χ2v) is 9.17. The third-order valence-corrected chi connectivity index (χ3v) is 7.24. The fourth-order valence-corrected chi connectivity index (χ4v) is 5.34. The Balaban J connectivity index is 1.65. The van der Waals surface area contributed by atoms with Crippen LogP contribution in [0.1, 0.15) is 35.6 Å². The van der Waals surface area contributed by atoms with Crippen molar-refractivity contribution in [2.24, 2.45) is 5.10 Å². The number of carbonyl (C=O) groups excluding carboxylic acids is 1. The number of benzene rings is 1. The average molecular weight is 505 g/mol.